The first-order chi connectivity index (χ1) is 13.9. The number of hydrogen-bond acceptors (Lipinski definition) is 4. The standard InChI is InChI=1S/C22H19N3O4/c1-13(26)23-18-8-3-2-5-14(18)11-15-6-4-7-17-20(15)24-19-10-9-16(22(28)29)12-25(19)21(17)27/h2-3,5,8-12H,4,6-7H2,1H3,(H,23,26)(H,28,29). The van der Waals surface area contributed by atoms with Crippen LogP contribution in [0.1, 0.15) is 46.9 Å². The number of carboxylic acids is 1. The lowest BCUT2D eigenvalue weighted by molar-refractivity contribution is -0.114. The van der Waals surface area contributed by atoms with Gasteiger partial charge in [0.15, 0.2) is 0 Å². The van der Waals surface area contributed by atoms with Crippen molar-refractivity contribution >= 4 is 34.9 Å². The van der Waals surface area contributed by atoms with Crippen LogP contribution in [0.25, 0.3) is 17.3 Å². The number of carboxylic acid groups (broad SMARTS) is 1. The fourth-order valence-corrected chi connectivity index (χ4v) is 3.62. The zero-order valence-corrected chi connectivity index (χ0v) is 15.8. The van der Waals surface area contributed by atoms with Gasteiger partial charge in [0, 0.05) is 24.4 Å². The number of carbonyl (C=O) groups excluding carboxylic acids is 1. The number of aromatic carboxylic acids is 1. The molecule has 2 N–H and O–H groups in total. The van der Waals surface area contributed by atoms with Crippen molar-refractivity contribution in [2.45, 2.75) is 26.2 Å². The Hall–Kier alpha value is -3.74. The number of carbonyl (C=O) groups is 2. The van der Waals surface area contributed by atoms with Gasteiger partial charge in [-0.25, -0.2) is 9.78 Å². The van der Waals surface area contributed by atoms with E-state index < -0.39 is 5.97 Å². The van der Waals surface area contributed by atoms with Crippen LogP contribution in [0.3, 0.4) is 0 Å². The lowest BCUT2D eigenvalue weighted by Crippen LogP contribution is -2.25. The van der Waals surface area contributed by atoms with E-state index in [0.717, 1.165) is 24.0 Å². The van der Waals surface area contributed by atoms with E-state index in [4.69, 9.17) is 0 Å². The molecule has 1 aliphatic carbocycles. The van der Waals surface area contributed by atoms with Crippen molar-refractivity contribution in [2.24, 2.45) is 0 Å². The number of anilines is 1. The summed E-state index contributed by atoms with van der Waals surface area (Å²) < 4.78 is 1.30. The number of para-hydroxylation sites is 1. The van der Waals surface area contributed by atoms with Crippen LogP contribution in [0.2, 0.25) is 0 Å². The number of nitrogens with one attached hydrogen (secondary N) is 1. The number of amides is 1. The maximum Gasteiger partial charge on any atom is 0.337 e. The third kappa shape index (κ3) is 3.54. The summed E-state index contributed by atoms with van der Waals surface area (Å²) in [6.07, 6.45) is 5.42. The zero-order valence-electron chi connectivity index (χ0n) is 15.8. The van der Waals surface area contributed by atoms with Gasteiger partial charge < -0.3 is 10.4 Å². The molecule has 0 spiro atoms. The van der Waals surface area contributed by atoms with Gasteiger partial charge in [0.25, 0.3) is 5.56 Å². The van der Waals surface area contributed by atoms with E-state index >= 15 is 0 Å². The maximum absolute atomic E-state index is 13.0. The van der Waals surface area contributed by atoms with Gasteiger partial charge in [-0.05, 0) is 54.7 Å². The first kappa shape index (κ1) is 18.6. The van der Waals surface area contributed by atoms with Crippen molar-refractivity contribution in [1.29, 1.82) is 0 Å². The highest BCUT2D eigenvalue weighted by atomic mass is 16.4. The quantitative estimate of drug-likeness (QED) is 0.716. The minimum Gasteiger partial charge on any atom is -0.478 e. The van der Waals surface area contributed by atoms with Crippen LogP contribution >= 0.6 is 0 Å². The Bertz CT molecular complexity index is 1240. The highest BCUT2D eigenvalue weighted by molar-refractivity contribution is 5.94. The number of aromatic nitrogens is 2. The summed E-state index contributed by atoms with van der Waals surface area (Å²) in [5, 5.41) is 12.0. The molecule has 2 heterocycles. The van der Waals surface area contributed by atoms with Gasteiger partial charge in [0.1, 0.15) is 5.65 Å². The number of rotatable bonds is 3. The minimum absolute atomic E-state index is 0.0390. The van der Waals surface area contributed by atoms with Gasteiger partial charge in [-0.3, -0.25) is 14.0 Å². The van der Waals surface area contributed by atoms with Gasteiger partial charge >= 0.3 is 5.97 Å². The molecule has 146 valence electrons. The number of hydrogen-bond donors (Lipinski definition) is 2. The third-order valence-electron chi connectivity index (χ3n) is 4.94. The van der Waals surface area contributed by atoms with Gasteiger partial charge in [-0.2, -0.15) is 0 Å². The van der Waals surface area contributed by atoms with E-state index in [1.807, 2.05) is 30.3 Å². The smallest absolute Gasteiger partial charge is 0.337 e. The minimum atomic E-state index is -1.09. The molecule has 0 saturated carbocycles. The lowest BCUT2D eigenvalue weighted by atomic mass is 9.90. The van der Waals surface area contributed by atoms with Crippen LogP contribution in [-0.2, 0) is 11.2 Å². The van der Waals surface area contributed by atoms with Crippen molar-refractivity contribution in [3.05, 3.63) is 75.3 Å². The monoisotopic (exact) mass is 389 g/mol. The predicted molar refractivity (Wildman–Crippen MR) is 110 cm³/mol. The molecule has 7 heteroatoms. The SMILES string of the molecule is CC(=O)Nc1ccccc1C=C1CCCc2c1nc1ccc(C(=O)O)cn1c2=O. The largest absolute Gasteiger partial charge is 0.478 e. The molecule has 1 aliphatic rings. The second-order valence-corrected chi connectivity index (χ2v) is 6.99. The van der Waals surface area contributed by atoms with Crippen molar-refractivity contribution in [2.75, 3.05) is 5.32 Å². The molecule has 0 saturated heterocycles. The molecular weight excluding hydrogens is 370 g/mol. The van der Waals surface area contributed by atoms with Crippen molar-refractivity contribution in [3.63, 3.8) is 0 Å². The Labute approximate surface area is 166 Å². The van der Waals surface area contributed by atoms with Gasteiger partial charge in [0.2, 0.25) is 5.91 Å². The molecule has 1 aromatic carbocycles. The summed E-state index contributed by atoms with van der Waals surface area (Å²) in [5.41, 5.74) is 3.89. The normalized spacial score (nSPS) is 14.6. The number of benzene rings is 1. The van der Waals surface area contributed by atoms with Crippen LogP contribution in [-0.4, -0.2) is 26.4 Å². The molecule has 3 aromatic rings. The maximum atomic E-state index is 13.0. The summed E-state index contributed by atoms with van der Waals surface area (Å²) in [6.45, 7) is 1.46. The molecule has 0 unspecified atom stereocenters. The molecule has 4 rings (SSSR count). The second kappa shape index (κ2) is 7.35. The van der Waals surface area contributed by atoms with E-state index in [9.17, 15) is 19.5 Å². The van der Waals surface area contributed by atoms with E-state index in [1.54, 1.807) is 6.07 Å². The van der Waals surface area contributed by atoms with Crippen LogP contribution in [0.15, 0.2) is 47.4 Å². The zero-order chi connectivity index (χ0) is 20.5. The highest BCUT2D eigenvalue weighted by Crippen LogP contribution is 2.31. The van der Waals surface area contributed by atoms with Gasteiger partial charge in [0.05, 0.1) is 11.3 Å². The molecular formula is C22H19N3O4. The van der Waals surface area contributed by atoms with Crippen LogP contribution in [0.4, 0.5) is 5.69 Å². The molecule has 1 amide bonds. The number of fused-ring (bicyclic) bond motifs is 2. The summed E-state index contributed by atoms with van der Waals surface area (Å²) in [5.74, 6) is -1.25. The molecule has 29 heavy (non-hydrogen) atoms. The molecule has 7 nitrogen and oxygen atoms in total. The fourth-order valence-electron chi connectivity index (χ4n) is 3.62. The van der Waals surface area contributed by atoms with Crippen molar-refractivity contribution < 1.29 is 14.7 Å². The van der Waals surface area contributed by atoms with Crippen LogP contribution in [0.5, 0.6) is 0 Å². The summed E-state index contributed by atoms with van der Waals surface area (Å²) in [7, 11) is 0. The first-order valence-electron chi connectivity index (χ1n) is 9.30. The molecule has 0 aliphatic heterocycles. The van der Waals surface area contributed by atoms with Crippen LogP contribution in [0, 0.1) is 0 Å². The number of allylic oxidation sites excluding steroid dienone is 1. The summed E-state index contributed by atoms with van der Waals surface area (Å²) in [4.78, 5) is 40.4. The topological polar surface area (TPSA) is 101 Å². The van der Waals surface area contributed by atoms with E-state index in [1.165, 1.54) is 23.6 Å². The van der Waals surface area contributed by atoms with Gasteiger partial charge in [-0.1, -0.05) is 18.2 Å². The molecule has 2 aromatic heterocycles. The Balaban J connectivity index is 1.87. The first-order valence-corrected chi connectivity index (χ1v) is 9.30. The van der Waals surface area contributed by atoms with Gasteiger partial charge in [-0.15, -0.1) is 0 Å². The molecule has 0 atom stereocenters. The number of pyridine rings is 1. The Kier molecular flexibility index (Phi) is 4.72. The third-order valence-corrected chi connectivity index (χ3v) is 4.94. The van der Waals surface area contributed by atoms with E-state index in [2.05, 4.69) is 10.3 Å². The second-order valence-electron chi connectivity index (χ2n) is 6.99. The van der Waals surface area contributed by atoms with E-state index in [0.29, 0.717) is 29.0 Å². The average Bonchev–Trinajstić information content (AvgIpc) is 2.69. The molecule has 0 bridgehead atoms. The van der Waals surface area contributed by atoms with Crippen LogP contribution < -0.4 is 10.9 Å². The van der Waals surface area contributed by atoms with E-state index in [-0.39, 0.29) is 17.0 Å². The Morgan fingerprint density at radius 2 is 1.97 bits per heavy atom. The van der Waals surface area contributed by atoms with Crippen molar-refractivity contribution in [1.82, 2.24) is 9.38 Å². The number of nitrogens with zero attached hydrogens (tertiary/aromatic N) is 2. The molecule has 0 fully saturated rings. The average molecular weight is 389 g/mol. The molecule has 0 radical (unpaired) electrons. The summed E-state index contributed by atoms with van der Waals surface area (Å²) in [6, 6.07) is 10.4. The van der Waals surface area contributed by atoms with Crippen molar-refractivity contribution in [3.8, 4) is 0 Å². The Morgan fingerprint density at radius 3 is 2.72 bits per heavy atom. The lowest BCUT2D eigenvalue weighted by Gasteiger charge is -2.19. The fraction of sp³-hybridized carbons (Fsp3) is 0.182. The Morgan fingerprint density at radius 1 is 1.17 bits per heavy atom. The predicted octanol–water partition coefficient (Wildman–Crippen LogP) is 3.23. The highest BCUT2D eigenvalue weighted by Gasteiger charge is 2.21. The summed E-state index contributed by atoms with van der Waals surface area (Å²) >= 11 is 0.